The maximum absolute atomic E-state index is 12.6. The number of benzene rings is 1. The second-order valence-corrected chi connectivity index (χ2v) is 5.68. The summed E-state index contributed by atoms with van der Waals surface area (Å²) in [5, 5.41) is 9.12. The van der Waals surface area contributed by atoms with Gasteiger partial charge >= 0.3 is 12.1 Å². The number of hydrogen-bond acceptors (Lipinski definition) is 1. The third-order valence-electron chi connectivity index (χ3n) is 4.03. The fourth-order valence-electron chi connectivity index (χ4n) is 2.88. The molecular weight excluding hydrogens is 257 g/mol. The SMILES string of the molecule is Cc1cc(C(F)(F)F)ccc1C1C(C(=O)O)C1(C)C. The Hall–Kier alpha value is -1.52. The smallest absolute Gasteiger partial charge is 0.416 e. The van der Waals surface area contributed by atoms with Crippen LogP contribution in [0.4, 0.5) is 13.2 Å². The van der Waals surface area contributed by atoms with Crippen LogP contribution in [0.25, 0.3) is 0 Å². The summed E-state index contributed by atoms with van der Waals surface area (Å²) in [7, 11) is 0. The van der Waals surface area contributed by atoms with E-state index in [1.54, 1.807) is 6.92 Å². The topological polar surface area (TPSA) is 37.3 Å². The Morgan fingerprint density at radius 1 is 1.32 bits per heavy atom. The zero-order valence-electron chi connectivity index (χ0n) is 10.9. The number of alkyl halides is 3. The highest BCUT2D eigenvalue weighted by molar-refractivity contribution is 5.77. The average Bonchev–Trinajstić information content (AvgIpc) is 2.80. The average molecular weight is 272 g/mol. The van der Waals surface area contributed by atoms with Gasteiger partial charge in [0.15, 0.2) is 0 Å². The van der Waals surface area contributed by atoms with Crippen LogP contribution in [-0.4, -0.2) is 11.1 Å². The summed E-state index contributed by atoms with van der Waals surface area (Å²) in [6.07, 6.45) is -4.37. The minimum absolute atomic E-state index is 0.215. The number of aliphatic carboxylic acids is 1. The molecule has 0 aromatic heterocycles. The first-order valence-corrected chi connectivity index (χ1v) is 5.97. The molecule has 1 saturated carbocycles. The third-order valence-corrected chi connectivity index (χ3v) is 4.03. The van der Waals surface area contributed by atoms with Crippen molar-refractivity contribution in [3.8, 4) is 0 Å². The van der Waals surface area contributed by atoms with E-state index in [0.29, 0.717) is 11.1 Å². The second-order valence-electron chi connectivity index (χ2n) is 5.68. The summed E-state index contributed by atoms with van der Waals surface area (Å²) in [4.78, 5) is 11.1. The lowest BCUT2D eigenvalue weighted by atomic mass is 9.97. The van der Waals surface area contributed by atoms with Gasteiger partial charge in [0, 0.05) is 5.92 Å². The van der Waals surface area contributed by atoms with Crippen LogP contribution in [0.5, 0.6) is 0 Å². The predicted molar refractivity (Wildman–Crippen MR) is 63.8 cm³/mol. The Bertz CT molecular complexity index is 532. The van der Waals surface area contributed by atoms with Crippen LogP contribution in [-0.2, 0) is 11.0 Å². The maximum Gasteiger partial charge on any atom is 0.416 e. The van der Waals surface area contributed by atoms with Crippen molar-refractivity contribution in [3.05, 3.63) is 34.9 Å². The van der Waals surface area contributed by atoms with Crippen LogP contribution < -0.4 is 0 Å². The molecule has 1 aromatic rings. The molecule has 0 heterocycles. The van der Waals surface area contributed by atoms with E-state index >= 15 is 0 Å². The highest BCUT2D eigenvalue weighted by Crippen LogP contribution is 2.65. The molecule has 1 fully saturated rings. The fraction of sp³-hybridized carbons (Fsp3) is 0.500. The summed E-state index contributed by atoms with van der Waals surface area (Å²) in [5.74, 6) is -1.63. The number of carbonyl (C=O) groups is 1. The molecule has 0 bridgehead atoms. The number of carboxylic acid groups (broad SMARTS) is 1. The van der Waals surface area contributed by atoms with Crippen molar-refractivity contribution >= 4 is 5.97 Å². The van der Waals surface area contributed by atoms with Gasteiger partial charge in [-0.3, -0.25) is 4.79 Å². The van der Waals surface area contributed by atoms with E-state index in [-0.39, 0.29) is 5.92 Å². The summed E-state index contributed by atoms with van der Waals surface area (Å²) in [6, 6.07) is 3.52. The van der Waals surface area contributed by atoms with Crippen LogP contribution in [0.15, 0.2) is 18.2 Å². The molecule has 2 nitrogen and oxygen atoms in total. The summed E-state index contributed by atoms with van der Waals surface area (Å²) < 4.78 is 37.7. The van der Waals surface area contributed by atoms with Gasteiger partial charge in [-0.25, -0.2) is 0 Å². The van der Waals surface area contributed by atoms with Gasteiger partial charge in [0.1, 0.15) is 0 Å². The predicted octanol–water partition coefficient (Wildman–Crippen LogP) is 3.84. The number of rotatable bonds is 2. The largest absolute Gasteiger partial charge is 0.481 e. The van der Waals surface area contributed by atoms with E-state index in [1.165, 1.54) is 6.07 Å². The molecule has 0 aliphatic heterocycles. The van der Waals surface area contributed by atoms with Gasteiger partial charge < -0.3 is 5.11 Å². The molecule has 104 valence electrons. The molecule has 1 N–H and O–H groups in total. The summed E-state index contributed by atoms with van der Waals surface area (Å²) >= 11 is 0. The lowest BCUT2D eigenvalue weighted by molar-refractivity contribution is -0.139. The molecule has 2 unspecified atom stereocenters. The highest BCUT2D eigenvalue weighted by Gasteiger charge is 2.63. The fourth-order valence-corrected chi connectivity index (χ4v) is 2.88. The quantitative estimate of drug-likeness (QED) is 0.888. The van der Waals surface area contributed by atoms with Crippen LogP contribution in [0.1, 0.15) is 36.5 Å². The number of hydrogen-bond donors (Lipinski definition) is 1. The Labute approximate surface area is 109 Å². The van der Waals surface area contributed by atoms with Crippen molar-refractivity contribution in [3.63, 3.8) is 0 Å². The second kappa shape index (κ2) is 3.99. The Morgan fingerprint density at radius 3 is 2.26 bits per heavy atom. The Balaban J connectivity index is 2.37. The van der Waals surface area contributed by atoms with Crippen molar-refractivity contribution in [2.75, 3.05) is 0 Å². The van der Waals surface area contributed by atoms with Crippen LogP contribution >= 0.6 is 0 Å². The van der Waals surface area contributed by atoms with Gasteiger partial charge in [0.25, 0.3) is 0 Å². The monoisotopic (exact) mass is 272 g/mol. The zero-order chi connectivity index (χ0) is 14.6. The first-order chi connectivity index (χ1) is 8.56. The number of carboxylic acids is 1. The van der Waals surface area contributed by atoms with Crippen molar-refractivity contribution in [1.29, 1.82) is 0 Å². The van der Waals surface area contributed by atoms with E-state index in [4.69, 9.17) is 5.11 Å². The third kappa shape index (κ3) is 2.22. The molecule has 0 spiro atoms. The Morgan fingerprint density at radius 2 is 1.89 bits per heavy atom. The molecule has 2 atom stereocenters. The van der Waals surface area contributed by atoms with Gasteiger partial charge in [-0.05, 0) is 35.6 Å². The van der Waals surface area contributed by atoms with E-state index in [9.17, 15) is 18.0 Å². The van der Waals surface area contributed by atoms with Crippen molar-refractivity contribution in [2.45, 2.75) is 32.9 Å². The molecule has 19 heavy (non-hydrogen) atoms. The first-order valence-electron chi connectivity index (χ1n) is 5.97. The van der Waals surface area contributed by atoms with E-state index in [2.05, 4.69) is 0 Å². The summed E-state index contributed by atoms with van der Waals surface area (Å²) in [5.41, 5.74) is 0.0946. The van der Waals surface area contributed by atoms with Crippen molar-refractivity contribution < 1.29 is 23.1 Å². The number of aryl methyl sites for hydroxylation is 1. The maximum atomic E-state index is 12.6. The molecule has 0 saturated heterocycles. The Kier molecular flexibility index (Phi) is 2.92. The van der Waals surface area contributed by atoms with Crippen molar-refractivity contribution in [1.82, 2.24) is 0 Å². The highest BCUT2D eigenvalue weighted by atomic mass is 19.4. The van der Waals surface area contributed by atoms with E-state index in [1.807, 2.05) is 13.8 Å². The van der Waals surface area contributed by atoms with Gasteiger partial charge in [0.2, 0.25) is 0 Å². The van der Waals surface area contributed by atoms with Gasteiger partial charge in [-0.1, -0.05) is 19.9 Å². The molecule has 1 aliphatic rings. The first kappa shape index (κ1) is 13.9. The lowest BCUT2D eigenvalue weighted by Gasteiger charge is -2.11. The van der Waals surface area contributed by atoms with Gasteiger partial charge in [0.05, 0.1) is 11.5 Å². The van der Waals surface area contributed by atoms with E-state index in [0.717, 1.165) is 12.1 Å². The number of halogens is 3. The molecule has 2 rings (SSSR count). The van der Waals surface area contributed by atoms with Crippen LogP contribution in [0.2, 0.25) is 0 Å². The lowest BCUT2D eigenvalue weighted by Crippen LogP contribution is -2.06. The molecule has 5 heteroatoms. The molecule has 1 aromatic carbocycles. The van der Waals surface area contributed by atoms with E-state index < -0.39 is 29.0 Å². The van der Waals surface area contributed by atoms with Crippen LogP contribution in [0.3, 0.4) is 0 Å². The van der Waals surface area contributed by atoms with Crippen LogP contribution in [0, 0.1) is 18.3 Å². The minimum Gasteiger partial charge on any atom is -0.481 e. The molecule has 1 aliphatic carbocycles. The molecule has 0 radical (unpaired) electrons. The minimum atomic E-state index is -4.37. The normalized spacial score (nSPS) is 25.2. The standard InChI is InChI=1S/C14H15F3O2/c1-7-6-8(14(15,16)17)4-5-9(7)10-11(12(18)19)13(10,2)3/h4-6,10-11H,1-3H3,(H,18,19). The van der Waals surface area contributed by atoms with Crippen molar-refractivity contribution in [2.24, 2.45) is 11.3 Å². The molecule has 0 amide bonds. The summed E-state index contributed by atoms with van der Waals surface area (Å²) in [6.45, 7) is 5.25. The zero-order valence-corrected chi connectivity index (χ0v) is 10.9. The van der Waals surface area contributed by atoms with Gasteiger partial charge in [-0.15, -0.1) is 0 Å². The molecular formula is C14H15F3O2. The van der Waals surface area contributed by atoms with Gasteiger partial charge in [-0.2, -0.15) is 13.2 Å².